The van der Waals surface area contributed by atoms with E-state index in [9.17, 15) is 0 Å². The van der Waals surface area contributed by atoms with Gasteiger partial charge in [0.05, 0.1) is 6.10 Å². The Bertz CT molecular complexity index is 73.7. The predicted molar refractivity (Wildman–Crippen MR) is 43.9 cm³/mol. The molecule has 2 nitrogen and oxygen atoms in total. The number of hydrogen-bond donors (Lipinski definition) is 1. The van der Waals surface area contributed by atoms with Gasteiger partial charge in [-0.1, -0.05) is 13.8 Å². The van der Waals surface area contributed by atoms with E-state index in [0.717, 1.165) is 19.6 Å². The van der Waals surface area contributed by atoms with Gasteiger partial charge in [0.1, 0.15) is 0 Å². The van der Waals surface area contributed by atoms with E-state index in [1.165, 1.54) is 0 Å². The Morgan fingerprint density at radius 1 is 1.30 bits per heavy atom. The lowest BCUT2D eigenvalue weighted by Crippen LogP contribution is -2.17. The average Bonchev–Trinajstić information content (AvgIpc) is 1.88. The van der Waals surface area contributed by atoms with Crippen molar-refractivity contribution in [1.29, 1.82) is 0 Å². The van der Waals surface area contributed by atoms with Crippen molar-refractivity contribution in [2.75, 3.05) is 13.2 Å². The Labute approximate surface area is 63.7 Å². The molecule has 10 heavy (non-hydrogen) atoms. The van der Waals surface area contributed by atoms with Gasteiger partial charge in [-0.25, -0.2) is 0 Å². The van der Waals surface area contributed by atoms with E-state index in [-0.39, 0.29) is 0 Å². The van der Waals surface area contributed by atoms with Crippen molar-refractivity contribution in [2.45, 2.75) is 33.3 Å². The second-order valence-electron chi connectivity index (χ2n) is 2.96. The molecule has 0 saturated heterocycles. The van der Waals surface area contributed by atoms with Gasteiger partial charge in [0.15, 0.2) is 0 Å². The molecule has 0 aliphatic carbocycles. The molecular weight excluding hydrogens is 126 g/mol. The van der Waals surface area contributed by atoms with E-state index in [0.29, 0.717) is 12.0 Å². The molecule has 0 heterocycles. The molecule has 0 radical (unpaired) electrons. The molecular formula is C8H19NO. The third-order valence-electron chi connectivity index (χ3n) is 1.67. The van der Waals surface area contributed by atoms with Gasteiger partial charge in [-0.3, -0.25) is 0 Å². The van der Waals surface area contributed by atoms with Crippen LogP contribution in [0.5, 0.6) is 0 Å². The third-order valence-corrected chi connectivity index (χ3v) is 1.67. The molecule has 0 bridgehead atoms. The van der Waals surface area contributed by atoms with Crippen molar-refractivity contribution >= 4 is 0 Å². The van der Waals surface area contributed by atoms with Crippen LogP contribution in [0.15, 0.2) is 0 Å². The highest BCUT2D eigenvalue weighted by molar-refractivity contribution is 4.54. The Balaban J connectivity index is 3.13. The van der Waals surface area contributed by atoms with Crippen LogP contribution in [0.4, 0.5) is 0 Å². The maximum atomic E-state index is 5.46. The number of hydrogen-bond acceptors (Lipinski definition) is 2. The van der Waals surface area contributed by atoms with Crippen molar-refractivity contribution in [2.24, 2.45) is 11.7 Å². The molecule has 2 N–H and O–H groups in total. The Morgan fingerprint density at radius 3 is 2.30 bits per heavy atom. The van der Waals surface area contributed by atoms with Crippen molar-refractivity contribution in [1.82, 2.24) is 0 Å². The van der Waals surface area contributed by atoms with E-state index in [2.05, 4.69) is 20.8 Å². The van der Waals surface area contributed by atoms with Crippen LogP contribution in [-0.2, 0) is 4.74 Å². The van der Waals surface area contributed by atoms with Crippen LogP contribution in [-0.4, -0.2) is 19.3 Å². The molecule has 0 aliphatic heterocycles. The monoisotopic (exact) mass is 145 g/mol. The van der Waals surface area contributed by atoms with Crippen molar-refractivity contribution in [3.63, 3.8) is 0 Å². The van der Waals surface area contributed by atoms with Crippen LogP contribution in [0.1, 0.15) is 27.2 Å². The summed E-state index contributed by atoms with van der Waals surface area (Å²) in [4.78, 5) is 0. The van der Waals surface area contributed by atoms with Crippen LogP contribution in [0.2, 0.25) is 0 Å². The summed E-state index contributed by atoms with van der Waals surface area (Å²) in [5, 5.41) is 0. The largest absolute Gasteiger partial charge is 0.378 e. The molecule has 0 amide bonds. The third kappa shape index (κ3) is 4.77. The Morgan fingerprint density at radius 2 is 1.90 bits per heavy atom. The summed E-state index contributed by atoms with van der Waals surface area (Å²) >= 11 is 0. The topological polar surface area (TPSA) is 35.2 Å². The molecule has 0 spiro atoms. The van der Waals surface area contributed by atoms with Gasteiger partial charge >= 0.3 is 0 Å². The highest BCUT2D eigenvalue weighted by Crippen LogP contribution is 2.04. The summed E-state index contributed by atoms with van der Waals surface area (Å²) in [7, 11) is 0. The molecule has 0 aromatic carbocycles. The lowest BCUT2D eigenvalue weighted by Gasteiger charge is -2.15. The fourth-order valence-electron chi connectivity index (χ4n) is 0.545. The molecule has 0 aromatic heterocycles. The summed E-state index contributed by atoms with van der Waals surface area (Å²) in [6, 6.07) is 0. The number of rotatable bonds is 5. The van der Waals surface area contributed by atoms with Crippen LogP contribution in [0.25, 0.3) is 0 Å². The smallest absolute Gasteiger partial charge is 0.0569 e. The predicted octanol–water partition coefficient (Wildman–Crippen LogP) is 1.40. The van der Waals surface area contributed by atoms with Crippen LogP contribution < -0.4 is 5.73 Å². The quantitative estimate of drug-likeness (QED) is 0.593. The van der Waals surface area contributed by atoms with Gasteiger partial charge < -0.3 is 10.5 Å². The molecule has 2 heteroatoms. The van der Waals surface area contributed by atoms with Gasteiger partial charge in [-0.05, 0) is 25.8 Å². The number of nitrogens with two attached hydrogens (primary N) is 1. The van der Waals surface area contributed by atoms with Crippen molar-refractivity contribution < 1.29 is 4.74 Å². The molecule has 0 aliphatic rings. The maximum Gasteiger partial charge on any atom is 0.0569 e. The summed E-state index contributed by atoms with van der Waals surface area (Å²) in [6.07, 6.45) is 1.34. The lowest BCUT2D eigenvalue weighted by molar-refractivity contribution is 0.0350. The zero-order valence-electron chi connectivity index (χ0n) is 7.26. The van der Waals surface area contributed by atoms with E-state index < -0.39 is 0 Å². The second-order valence-corrected chi connectivity index (χ2v) is 2.96. The van der Waals surface area contributed by atoms with Crippen LogP contribution in [0.3, 0.4) is 0 Å². The SMILES string of the molecule is CC(C)C(C)OCCCN. The first kappa shape index (κ1) is 9.92. The summed E-state index contributed by atoms with van der Waals surface area (Å²) in [6.45, 7) is 7.95. The minimum atomic E-state index is 0.367. The van der Waals surface area contributed by atoms with Gasteiger partial charge in [0.2, 0.25) is 0 Å². The molecule has 62 valence electrons. The lowest BCUT2D eigenvalue weighted by atomic mass is 10.1. The number of ether oxygens (including phenoxy) is 1. The Hall–Kier alpha value is -0.0800. The fourth-order valence-corrected chi connectivity index (χ4v) is 0.545. The van der Waals surface area contributed by atoms with Gasteiger partial charge in [-0.2, -0.15) is 0 Å². The minimum absolute atomic E-state index is 0.367. The van der Waals surface area contributed by atoms with E-state index in [1.807, 2.05) is 0 Å². The normalized spacial score (nSPS) is 14.1. The fraction of sp³-hybridized carbons (Fsp3) is 1.00. The first-order valence-corrected chi connectivity index (χ1v) is 4.00. The van der Waals surface area contributed by atoms with Crippen molar-refractivity contribution in [3.8, 4) is 0 Å². The molecule has 0 fully saturated rings. The maximum absolute atomic E-state index is 5.46. The van der Waals surface area contributed by atoms with Gasteiger partial charge in [0.25, 0.3) is 0 Å². The van der Waals surface area contributed by atoms with Gasteiger partial charge in [0, 0.05) is 6.61 Å². The van der Waals surface area contributed by atoms with Crippen molar-refractivity contribution in [3.05, 3.63) is 0 Å². The minimum Gasteiger partial charge on any atom is -0.378 e. The van der Waals surface area contributed by atoms with Crippen LogP contribution in [0, 0.1) is 5.92 Å². The van der Waals surface area contributed by atoms with E-state index in [4.69, 9.17) is 10.5 Å². The zero-order valence-corrected chi connectivity index (χ0v) is 7.26. The first-order chi connectivity index (χ1) is 4.68. The van der Waals surface area contributed by atoms with E-state index >= 15 is 0 Å². The first-order valence-electron chi connectivity index (χ1n) is 4.00. The van der Waals surface area contributed by atoms with Crippen LogP contribution >= 0.6 is 0 Å². The molecule has 0 saturated carbocycles. The Kier molecular flexibility index (Phi) is 5.64. The summed E-state index contributed by atoms with van der Waals surface area (Å²) in [5.74, 6) is 0.609. The van der Waals surface area contributed by atoms with Gasteiger partial charge in [-0.15, -0.1) is 0 Å². The average molecular weight is 145 g/mol. The highest BCUT2D eigenvalue weighted by atomic mass is 16.5. The second kappa shape index (κ2) is 5.69. The standard InChI is InChI=1S/C8H19NO/c1-7(2)8(3)10-6-4-5-9/h7-8H,4-6,9H2,1-3H3. The summed E-state index contributed by atoms with van der Waals surface area (Å²) < 4.78 is 5.46. The molecule has 0 aromatic rings. The zero-order chi connectivity index (χ0) is 7.98. The summed E-state index contributed by atoms with van der Waals surface area (Å²) in [5.41, 5.74) is 5.31. The molecule has 1 unspecified atom stereocenters. The van der Waals surface area contributed by atoms with E-state index in [1.54, 1.807) is 0 Å². The highest BCUT2D eigenvalue weighted by Gasteiger charge is 2.05. The molecule has 1 atom stereocenters. The molecule has 0 rings (SSSR count).